The zero-order chi connectivity index (χ0) is 11.8. The highest BCUT2D eigenvalue weighted by molar-refractivity contribution is 5.80. The molecular formula is C13H16O3. The minimum atomic E-state index is -0.193. The molecule has 2 rings (SSSR count). The molecule has 3 heteroatoms. The number of hydrogen-bond donors (Lipinski definition) is 0. The van der Waals surface area contributed by atoms with Gasteiger partial charge in [0, 0.05) is 11.1 Å². The predicted octanol–water partition coefficient (Wildman–Crippen LogP) is 2.61. The Hall–Kier alpha value is -1.51. The first kappa shape index (κ1) is 11.0. The van der Waals surface area contributed by atoms with Crippen molar-refractivity contribution in [2.75, 3.05) is 7.11 Å². The molecule has 3 nitrogen and oxygen atoms in total. The normalized spacial score (nSPS) is 17.2. The van der Waals surface area contributed by atoms with Crippen LogP contribution in [-0.2, 0) is 6.42 Å². The van der Waals surface area contributed by atoms with Crippen molar-refractivity contribution in [3.8, 4) is 11.5 Å². The van der Waals surface area contributed by atoms with Crippen molar-refractivity contribution in [1.29, 1.82) is 0 Å². The molecule has 0 spiro atoms. The van der Waals surface area contributed by atoms with E-state index in [1.165, 1.54) is 0 Å². The number of carbonyl (C=O) groups is 1. The molecule has 0 atom stereocenters. The summed E-state index contributed by atoms with van der Waals surface area (Å²) in [6.45, 7) is 4.09. The van der Waals surface area contributed by atoms with Gasteiger partial charge in [-0.1, -0.05) is 0 Å². The van der Waals surface area contributed by atoms with Crippen molar-refractivity contribution in [1.82, 2.24) is 0 Å². The number of carbonyl (C=O) groups excluding carboxylic acids is 1. The summed E-state index contributed by atoms with van der Waals surface area (Å²) in [5.74, 6) is 1.43. The van der Waals surface area contributed by atoms with Gasteiger partial charge in [-0.05, 0) is 38.8 Å². The molecule has 0 amide bonds. The molecule has 0 radical (unpaired) electrons. The van der Waals surface area contributed by atoms with Crippen LogP contribution in [-0.4, -0.2) is 19.0 Å². The fourth-order valence-corrected chi connectivity index (χ4v) is 2.02. The van der Waals surface area contributed by atoms with Gasteiger partial charge in [0.2, 0.25) is 0 Å². The van der Waals surface area contributed by atoms with Crippen molar-refractivity contribution in [2.24, 2.45) is 0 Å². The highest BCUT2D eigenvalue weighted by Gasteiger charge is 2.30. The molecular weight excluding hydrogens is 204 g/mol. The average molecular weight is 220 g/mol. The zero-order valence-electron chi connectivity index (χ0n) is 9.87. The first-order chi connectivity index (χ1) is 7.57. The lowest BCUT2D eigenvalue weighted by Gasteiger charge is -2.33. The molecule has 0 saturated heterocycles. The van der Waals surface area contributed by atoms with E-state index >= 15 is 0 Å². The van der Waals surface area contributed by atoms with Crippen LogP contribution in [0.5, 0.6) is 11.5 Å². The fraction of sp³-hybridized carbons (Fsp3) is 0.462. The lowest BCUT2D eigenvalue weighted by atomic mass is 9.91. The van der Waals surface area contributed by atoms with E-state index in [1.807, 2.05) is 13.8 Å². The summed E-state index contributed by atoms with van der Waals surface area (Å²) in [5.41, 5.74) is 1.47. The average Bonchev–Trinajstić information content (AvgIpc) is 2.26. The van der Waals surface area contributed by atoms with Gasteiger partial charge in [-0.2, -0.15) is 0 Å². The Morgan fingerprint density at radius 1 is 1.44 bits per heavy atom. The van der Waals surface area contributed by atoms with Gasteiger partial charge in [-0.3, -0.25) is 4.79 Å². The molecule has 0 N–H and O–H groups in total. The van der Waals surface area contributed by atoms with Gasteiger partial charge in [0.1, 0.15) is 11.9 Å². The third-order valence-electron chi connectivity index (χ3n) is 2.96. The monoisotopic (exact) mass is 220 g/mol. The van der Waals surface area contributed by atoms with Gasteiger partial charge in [-0.15, -0.1) is 0 Å². The number of benzene rings is 1. The minimum absolute atomic E-state index is 0.193. The van der Waals surface area contributed by atoms with E-state index in [9.17, 15) is 4.79 Å². The molecule has 0 fully saturated rings. The third-order valence-corrected chi connectivity index (χ3v) is 2.96. The van der Waals surface area contributed by atoms with E-state index in [0.717, 1.165) is 30.4 Å². The molecule has 0 aliphatic carbocycles. The predicted molar refractivity (Wildman–Crippen MR) is 61.4 cm³/mol. The summed E-state index contributed by atoms with van der Waals surface area (Å²) >= 11 is 0. The molecule has 86 valence electrons. The van der Waals surface area contributed by atoms with Crippen LogP contribution in [0.1, 0.15) is 36.2 Å². The zero-order valence-corrected chi connectivity index (χ0v) is 9.87. The summed E-state index contributed by atoms with van der Waals surface area (Å²) in [7, 11) is 1.61. The minimum Gasteiger partial charge on any atom is -0.493 e. The van der Waals surface area contributed by atoms with E-state index < -0.39 is 0 Å². The smallest absolute Gasteiger partial charge is 0.165 e. The molecule has 0 saturated carbocycles. The van der Waals surface area contributed by atoms with Gasteiger partial charge in [0.05, 0.1) is 7.11 Å². The molecule has 1 aliphatic rings. The standard InChI is InChI=1S/C13H16O3/c1-13(2)7-6-10-9(8-14)4-5-11(15-3)12(10)16-13/h4-5,8H,6-7H2,1-3H3. The molecule has 0 aromatic heterocycles. The number of methoxy groups -OCH3 is 1. The highest BCUT2D eigenvalue weighted by Crippen LogP contribution is 2.41. The SMILES string of the molecule is COc1ccc(C=O)c2c1OC(C)(C)CC2. The van der Waals surface area contributed by atoms with Gasteiger partial charge in [0.25, 0.3) is 0 Å². The number of hydrogen-bond acceptors (Lipinski definition) is 3. The Labute approximate surface area is 95.4 Å². The van der Waals surface area contributed by atoms with E-state index in [0.29, 0.717) is 11.3 Å². The Morgan fingerprint density at radius 3 is 2.81 bits per heavy atom. The van der Waals surface area contributed by atoms with Crippen LogP contribution in [0.3, 0.4) is 0 Å². The first-order valence-electron chi connectivity index (χ1n) is 5.41. The molecule has 1 aromatic rings. The number of aldehydes is 1. The molecule has 1 aliphatic heterocycles. The van der Waals surface area contributed by atoms with Crippen molar-refractivity contribution < 1.29 is 14.3 Å². The quantitative estimate of drug-likeness (QED) is 0.719. The second-order valence-electron chi connectivity index (χ2n) is 4.64. The maximum atomic E-state index is 10.9. The van der Waals surface area contributed by atoms with Gasteiger partial charge in [-0.25, -0.2) is 0 Å². The van der Waals surface area contributed by atoms with Crippen LogP contribution < -0.4 is 9.47 Å². The van der Waals surface area contributed by atoms with Crippen LogP contribution in [0.25, 0.3) is 0 Å². The number of rotatable bonds is 2. The van der Waals surface area contributed by atoms with Crippen LogP contribution in [0, 0.1) is 0 Å². The molecule has 1 heterocycles. The van der Waals surface area contributed by atoms with Gasteiger partial charge in [0.15, 0.2) is 11.5 Å². The Kier molecular flexibility index (Phi) is 2.62. The molecule has 0 unspecified atom stereocenters. The summed E-state index contributed by atoms with van der Waals surface area (Å²) in [4.78, 5) is 10.9. The number of fused-ring (bicyclic) bond motifs is 1. The second kappa shape index (κ2) is 3.81. The summed E-state index contributed by atoms with van der Waals surface area (Å²) in [6.07, 6.45) is 2.64. The van der Waals surface area contributed by atoms with E-state index in [1.54, 1.807) is 19.2 Å². The van der Waals surface area contributed by atoms with Crippen LogP contribution in [0.4, 0.5) is 0 Å². The number of ether oxygens (including phenoxy) is 2. The lowest BCUT2D eigenvalue weighted by molar-refractivity contribution is 0.0797. The second-order valence-corrected chi connectivity index (χ2v) is 4.64. The Morgan fingerprint density at radius 2 is 2.19 bits per heavy atom. The molecule has 16 heavy (non-hydrogen) atoms. The summed E-state index contributed by atoms with van der Waals surface area (Å²) < 4.78 is 11.2. The van der Waals surface area contributed by atoms with E-state index in [4.69, 9.17) is 9.47 Å². The van der Waals surface area contributed by atoms with Gasteiger partial charge < -0.3 is 9.47 Å². The van der Waals surface area contributed by atoms with Crippen molar-refractivity contribution >= 4 is 6.29 Å². The molecule has 0 bridgehead atoms. The summed E-state index contributed by atoms with van der Waals surface area (Å²) in [6, 6.07) is 3.57. The lowest BCUT2D eigenvalue weighted by Crippen LogP contribution is -2.33. The Bertz CT molecular complexity index is 421. The maximum absolute atomic E-state index is 10.9. The highest BCUT2D eigenvalue weighted by atomic mass is 16.5. The largest absolute Gasteiger partial charge is 0.493 e. The fourth-order valence-electron chi connectivity index (χ4n) is 2.02. The van der Waals surface area contributed by atoms with Crippen LogP contribution >= 0.6 is 0 Å². The Balaban J connectivity index is 2.54. The van der Waals surface area contributed by atoms with E-state index in [2.05, 4.69) is 0 Å². The van der Waals surface area contributed by atoms with Crippen LogP contribution in [0.15, 0.2) is 12.1 Å². The van der Waals surface area contributed by atoms with E-state index in [-0.39, 0.29) is 5.60 Å². The van der Waals surface area contributed by atoms with Gasteiger partial charge >= 0.3 is 0 Å². The third kappa shape index (κ3) is 1.77. The molecule has 1 aromatic carbocycles. The maximum Gasteiger partial charge on any atom is 0.165 e. The van der Waals surface area contributed by atoms with Crippen molar-refractivity contribution in [3.05, 3.63) is 23.3 Å². The summed E-state index contributed by atoms with van der Waals surface area (Å²) in [5, 5.41) is 0. The van der Waals surface area contributed by atoms with Crippen molar-refractivity contribution in [3.63, 3.8) is 0 Å². The topological polar surface area (TPSA) is 35.5 Å². The van der Waals surface area contributed by atoms with Crippen LogP contribution in [0.2, 0.25) is 0 Å². The first-order valence-corrected chi connectivity index (χ1v) is 5.41. The van der Waals surface area contributed by atoms with Crippen molar-refractivity contribution in [2.45, 2.75) is 32.3 Å².